The molecular formula is C13H12O3. The Balaban J connectivity index is 2.77. The normalized spacial score (nSPS) is 8.88. The maximum absolute atomic E-state index is 11.1. The molecule has 0 fully saturated rings. The summed E-state index contributed by atoms with van der Waals surface area (Å²) in [4.78, 5) is 21.9. The summed E-state index contributed by atoms with van der Waals surface area (Å²) in [5.74, 6) is 5.12. The van der Waals surface area contributed by atoms with Gasteiger partial charge < -0.3 is 4.74 Å². The van der Waals surface area contributed by atoms with Crippen LogP contribution < -0.4 is 0 Å². The third-order valence-corrected chi connectivity index (χ3v) is 1.96. The first-order valence-electron chi connectivity index (χ1n) is 4.80. The van der Waals surface area contributed by atoms with Crippen molar-refractivity contribution in [1.29, 1.82) is 0 Å². The van der Waals surface area contributed by atoms with Gasteiger partial charge in [-0.3, -0.25) is 9.59 Å². The summed E-state index contributed by atoms with van der Waals surface area (Å²) in [6, 6.07) is 6.98. The van der Waals surface area contributed by atoms with Gasteiger partial charge in [-0.2, -0.15) is 0 Å². The van der Waals surface area contributed by atoms with Crippen molar-refractivity contribution in [2.24, 2.45) is 0 Å². The van der Waals surface area contributed by atoms with E-state index >= 15 is 0 Å². The molecule has 0 unspecified atom stereocenters. The highest BCUT2D eigenvalue weighted by atomic mass is 16.5. The number of carbonyl (C=O) groups is 2. The Morgan fingerprint density at radius 3 is 2.75 bits per heavy atom. The molecule has 1 rings (SSSR count). The molecule has 0 heterocycles. The molecule has 1 aromatic carbocycles. The number of hydrogen-bond donors (Lipinski definition) is 0. The van der Waals surface area contributed by atoms with E-state index in [1.807, 2.05) is 0 Å². The third-order valence-electron chi connectivity index (χ3n) is 1.96. The number of rotatable bonds is 2. The van der Waals surface area contributed by atoms with Gasteiger partial charge in [-0.15, -0.1) is 0 Å². The van der Waals surface area contributed by atoms with Crippen molar-refractivity contribution < 1.29 is 14.3 Å². The number of methoxy groups -OCH3 is 1. The molecule has 0 spiro atoms. The lowest BCUT2D eigenvalue weighted by Crippen LogP contribution is -1.97. The predicted molar refractivity (Wildman–Crippen MR) is 60.0 cm³/mol. The average molecular weight is 216 g/mol. The zero-order valence-electron chi connectivity index (χ0n) is 9.24. The maximum Gasteiger partial charge on any atom is 0.317 e. The summed E-state index contributed by atoms with van der Waals surface area (Å²) >= 11 is 0. The fraction of sp³-hybridized carbons (Fsp3) is 0.231. The van der Waals surface area contributed by atoms with Gasteiger partial charge in [0.05, 0.1) is 7.11 Å². The van der Waals surface area contributed by atoms with Gasteiger partial charge in [-0.25, -0.2) is 0 Å². The summed E-state index contributed by atoms with van der Waals surface area (Å²) in [5.41, 5.74) is 1.33. The molecule has 1 aromatic rings. The molecule has 3 nitrogen and oxygen atoms in total. The molecule has 3 heteroatoms. The third kappa shape index (κ3) is 3.58. The van der Waals surface area contributed by atoms with E-state index in [9.17, 15) is 9.59 Å². The van der Waals surface area contributed by atoms with E-state index < -0.39 is 0 Å². The largest absolute Gasteiger partial charge is 0.468 e. The van der Waals surface area contributed by atoms with Crippen LogP contribution in [0.25, 0.3) is 0 Å². The summed E-state index contributed by atoms with van der Waals surface area (Å²) in [6.07, 6.45) is 0.0563. The van der Waals surface area contributed by atoms with Crippen LogP contribution in [0.3, 0.4) is 0 Å². The van der Waals surface area contributed by atoms with E-state index in [1.54, 1.807) is 24.3 Å². The maximum atomic E-state index is 11.1. The first kappa shape index (κ1) is 12.0. The number of carbonyl (C=O) groups excluding carboxylic acids is 2. The van der Waals surface area contributed by atoms with Crippen molar-refractivity contribution in [3.63, 3.8) is 0 Å². The lowest BCUT2D eigenvalue weighted by Gasteiger charge is -1.95. The van der Waals surface area contributed by atoms with Gasteiger partial charge in [0.25, 0.3) is 0 Å². The SMILES string of the molecule is COC(=O)CC#Cc1cccc(C(C)=O)c1. The van der Waals surface area contributed by atoms with Gasteiger partial charge in [0.2, 0.25) is 0 Å². The van der Waals surface area contributed by atoms with E-state index in [2.05, 4.69) is 16.6 Å². The Hall–Kier alpha value is -2.08. The highest BCUT2D eigenvalue weighted by molar-refractivity contribution is 5.94. The highest BCUT2D eigenvalue weighted by Gasteiger charge is 1.98. The Bertz CT molecular complexity index is 464. The van der Waals surface area contributed by atoms with Gasteiger partial charge in [0.15, 0.2) is 5.78 Å². The van der Waals surface area contributed by atoms with Crippen molar-refractivity contribution in [2.45, 2.75) is 13.3 Å². The number of Topliss-reactive ketones (excluding diaryl/α,β-unsaturated/α-hetero) is 1. The van der Waals surface area contributed by atoms with Crippen molar-refractivity contribution in [1.82, 2.24) is 0 Å². The number of hydrogen-bond acceptors (Lipinski definition) is 3. The van der Waals surface area contributed by atoms with Crippen LogP contribution in [0, 0.1) is 11.8 Å². The van der Waals surface area contributed by atoms with Gasteiger partial charge in [-0.05, 0) is 19.1 Å². The quantitative estimate of drug-likeness (QED) is 0.430. The number of ether oxygens (including phenoxy) is 1. The highest BCUT2D eigenvalue weighted by Crippen LogP contribution is 2.04. The Labute approximate surface area is 94.4 Å². The molecule has 0 amide bonds. The van der Waals surface area contributed by atoms with Crippen LogP contribution >= 0.6 is 0 Å². The van der Waals surface area contributed by atoms with Gasteiger partial charge >= 0.3 is 5.97 Å². The topological polar surface area (TPSA) is 43.4 Å². The monoisotopic (exact) mass is 216 g/mol. The van der Waals surface area contributed by atoms with E-state index in [1.165, 1.54) is 14.0 Å². The fourth-order valence-electron chi connectivity index (χ4n) is 1.11. The van der Waals surface area contributed by atoms with Crippen LogP contribution in [-0.2, 0) is 9.53 Å². The Morgan fingerprint density at radius 1 is 1.38 bits per heavy atom. The molecule has 16 heavy (non-hydrogen) atoms. The predicted octanol–water partition coefficient (Wildman–Crippen LogP) is 1.80. The smallest absolute Gasteiger partial charge is 0.317 e. The zero-order valence-corrected chi connectivity index (χ0v) is 9.24. The van der Waals surface area contributed by atoms with Crippen LogP contribution in [-0.4, -0.2) is 18.9 Å². The summed E-state index contributed by atoms with van der Waals surface area (Å²) < 4.78 is 4.45. The second-order valence-electron chi connectivity index (χ2n) is 3.19. The molecular weight excluding hydrogens is 204 g/mol. The van der Waals surface area contributed by atoms with E-state index in [0.29, 0.717) is 5.56 Å². The van der Waals surface area contributed by atoms with E-state index in [-0.39, 0.29) is 18.2 Å². The lowest BCUT2D eigenvalue weighted by molar-refractivity contribution is -0.139. The van der Waals surface area contributed by atoms with Gasteiger partial charge in [-0.1, -0.05) is 24.0 Å². The minimum Gasteiger partial charge on any atom is -0.468 e. The summed E-state index contributed by atoms with van der Waals surface area (Å²) in [6.45, 7) is 1.50. The molecule has 0 bridgehead atoms. The molecule has 0 aliphatic rings. The van der Waals surface area contributed by atoms with E-state index in [0.717, 1.165) is 5.56 Å². The Kier molecular flexibility index (Phi) is 4.28. The van der Waals surface area contributed by atoms with Crippen LogP contribution in [0.2, 0.25) is 0 Å². The molecule has 0 radical (unpaired) electrons. The van der Waals surface area contributed by atoms with Crippen molar-refractivity contribution >= 4 is 11.8 Å². The van der Waals surface area contributed by atoms with Crippen LogP contribution in [0.1, 0.15) is 29.3 Å². The van der Waals surface area contributed by atoms with Crippen LogP contribution in [0.5, 0.6) is 0 Å². The average Bonchev–Trinajstić information content (AvgIpc) is 2.29. The van der Waals surface area contributed by atoms with Gasteiger partial charge in [0.1, 0.15) is 6.42 Å². The first-order chi connectivity index (χ1) is 7.63. The van der Waals surface area contributed by atoms with Crippen molar-refractivity contribution in [3.8, 4) is 11.8 Å². The first-order valence-corrected chi connectivity index (χ1v) is 4.80. The van der Waals surface area contributed by atoms with Crippen molar-refractivity contribution in [2.75, 3.05) is 7.11 Å². The van der Waals surface area contributed by atoms with Crippen LogP contribution in [0.15, 0.2) is 24.3 Å². The fourth-order valence-corrected chi connectivity index (χ4v) is 1.11. The molecule has 0 saturated carbocycles. The van der Waals surface area contributed by atoms with Crippen LogP contribution in [0.4, 0.5) is 0 Å². The second kappa shape index (κ2) is 5.72. The number of ketones is 1. The van der Waals surface area contributed by atoms with Crippen molar-refractivity contribution in [3.05, 3.63) is 35.4 Å². The molecule has 0 aliphatic heterocycles. The molecule has 0 N–H and O–H groups in total. The molecule has 0 saturated heterocycles. The standard InChI is InChI=1S/C13H12O3/c1-10(14)12-7-3-5-11(9-12)6-4-8-13(15)16-2/h3,5,7,9H,8H2,1-2H3. The number of esters is 1. The Morgan fingerprint density at radius 2 is 2.12 bits per heavy atom. The minimum absolute atomic E-state index is 0.00313. The zero-order chi connectivity index (χ0) is 12.0. The molecule has 0 aliphatic carbocycles. The molecule has 0 atom stereocenters. The minimum atomic E-state index is -0.366. The van der Waals surface area contributed by atoms with Gasteiger partial charge in [0, 0.05) is 11.1 Å². The molecule has 82 valence electrons. The lowest BCUT2D eigenvalue weighted by atomic mass is 10.1. The summed E-state index contributed by atoms with van der Waals surface area (Å²) in [7, 11) is 1.32. The summed E-state index contributed by atoms with van der Waals surface area (Å²) in [5, 5.41) is 0. The van der Waals surface area contributed by atoms with E-state index in [4.69, 9.17) is 0 Å². The second-order valence-corrected chi connectivity index (χ2v) is 3.19. The molecule has 0 aromatic heterocycles. The number of benzene rings is 1.